The molecule has 5 nitrogen and oxygen atoms in total. The highest BCUT2D eigenvalue weighted by Gasteiger charge is 2.28. The number of para-hydroxylation sites is 3. The van der Waals surface area contributed by atoms with E-state index in [1.165, 1.54) is 26.3 Å². The molecule has 0 saturated carbocycles. The topological polar surface area (TPSA) is 67.8 Å². The summed E-state index contributed by atoms with van der Waals surface area (Å²) in [6.07, 6.45) is 0. The van der Waals surface area contributed by atoms with Crippen molar-refractivity contribution < 1.29 is 24.1 Å². The van der Waals surface area contributed by atoms with Crippen LogP contribution in [0.25, 0.3) is 11.1 Å². The first-order chi connectivity index (χ1) is 27.5. The lowest BCUT2D eigenvalue weighted by Gasteiger charge is -2.23. The summed E-state index contributed by atoms with van der Waals surface area (Å²) in [6, 6.07) is 68.2. The fourth-order valence-corrected chi connectivity index (χ4v) is 8.22. The maximum Gasteiger partial charge on any atom is 0.213 e. The number of hydrogen-bond acceptors (Lipinski definition) is 5. The third kappa shape index (κ3) is 9.37. The average molecular weight is 751 g/mol. The molecule has 0 fully saturated rings. The van der Waals surface area contributed by atoms with Gasteiger partial charge in [-0.25, -0.2) is 0 Å². The molecule has 0 N–H and O–H groups in total. The molecule has 56 heavy (non-hydrogen) atoms. The predicted molar refractivity (Wildman–Crippen MR) is 222 cm³/mol. The molecule has 0 saturated heterocycles. The number of ether oxygens (including phenoxy) is 3. The van der Waals surface area contributed by atoms with Gasteiger partial charge in [0.25, 0.3) is 0 Å². The van der Waals surface area contributed by atoms with E-state index in [-0.39, 0.29) is 33.7 Å². The summed E-state index contributed by atoms with van der Waals surface area (Å²) in [6.45, 7) is 2.15. The number of carbonyl (C=O) groups excluding carboxylic acids is 1. The van der Waals surface area contributed by atoms with Crippen molar-refractivity contribution in [1.29, 1.82) is 0 Å². The van der Waals surface area contributed by atoms with Crippen molar-refractivity contribution in [2.75, 3.05) is 0 Å². The molecule has 0 aliphatic heterocycles. The van der Waals surface area contributed by atoms with Crippen LogP contribution in [-0.2, 0) is 10.9 Å². The number of aryl methyl sites for hydroxylation is 1. The number of benzene rings is 8. The fourth-order valence-electron chi connectivity index (χ4n) is 6.03. The Hall–Kier alpha value is -7.02. The van der Waals surface area contributed by atoms with Crippen LogP contribution in [0.4, 0.5) is 0 Å². The monoisotopic (exact) mass is 750 g/mol. The largest absolute Gasteiger partial charge is 0.545 e. The summed E-state index contributed by atoms with van der Waals surface area (Å²) in [7, 11) is -0.0249. The Morgan fingerprint density at radius 2 is 0.857 bits per heavy atom. The Morgan fingerprint density at radius 1 is 0.446 bits per heavy atom. The van der Waals surface area contributed by atoms with Crippen LogP contribution >= 0.6 is 0 Å². The van der Waals surface area contributed by atoms with Gasteiger partial charge in [-0.05, 0) is 96.9 Å². The van der Waals surface area contributed by atoms with Gasteiger partial charge < -0.3 is 24.1 Å². The predicted octanol–water partition coefficient (Wildman–Crippen LogP) is 12.2. The van der Waals surface area contributed by atoms with Gasteiger partial charge in [0.05, 0.1) is 16.9 Å². The van der Waals surface area contributed by atoms with Crippen molar-refractivity contribution in [2.24, 2.45) is 0 Å². The van der Waals surface area contributed by atoms with E-state index in [9.17, 15) is 9.90 Å². The zero-order chi connectivity index (χ0) is 38.5. The molecule has 6 heteroatoms. The van der Waals surface area contributed by atoms with Crippen molar-refractivity contribution in [1.82, 2.24) is 0 Å². The van der Waals surface area contributed by atoms with Crippen molar-refractivity contribution in [2.45, 2.75) is 21.6 Å². The van der Waals surface area contributed by atoms with Crippen LogP contribution in [0.3, 0.4) is 0 Å². The van der Waals surface area contributed by atoms with Gasteiger partial charge in [0, 0.05) is 11.1 Å². The highest BCUT2D eigenvalue weighted by atomic mass is 32.2. The van der Waals surface area contributed by atoms with Crippen molar-refractivity contribution >= 4 is 16.9 Å². The Morgan fingerprint density at radius 3 is 1.32 bits per heavy atom. The first kappa shape index (κ1) is 37.3. The standard InChI is InChI=1S/C31H22O5.C19H17S/c32-31(33)26-21-27(34-23-15-7-2-8-16-23)29(35-24-17-9-3-10-18-24)30(36-25-19-11-4-12-20-25)28(26)22-13-5-1-6-14-22;1-16-9-8-14-19(15-16)20(17-10-4-2-5-11-17)18-12-6-3-7-13-18/h1-21H,(H,32,33);2-15H,1H3/q;+1/p-1. The highest BCUT2D eigenvalue weighted by Crippen LogP contribution is 2.51. The maximum atomic E-state index is 12.4. The van der Waals surface area contributed by atoms with E-state index < -0.39 is 5.97 Å². The van der Waals surface area contributed by atoms with Crippen LogP contribution in [0.5, 0.6) is 34.5 Å². The highest BCUT2D eigenvalue weighted by molar-refractivity contribution is 7.97. The molecule has 0 amide bonds. The van der Waals surface area contributed by atoms with Crippen LogP contribution in [0.1, 0.15) is 15.9 Å². The van der Waals surface area contributed by atoms with Gasteiger partial charge in [-0.15, -0.1) is 0 Å². The average Bonchev–Trinajstić information content (AvgIpc) is 3.24. The van der Waals surface area contributed by atoms with Crippen molar-refractivity contribution in [3.8, 4) is 45.6 Å². The Balaban J connectivity index is 0.000000202. The van der Waals surface area contributed by atoms with Gasteiger partial charge in [0.2, 0.25) is 5.75 Å². The molecule has 8 aromatic carbocycles. The summed E-state index contributed by atoms with van der Waals surface area (Å²) in [5.41, 5.74) is 2.18. The first-order valence-corrected chi connectivity index (χ1v) is 19.3. The number of carboxylic acids is 1. The SMILES string of the molecule is Cc1cccc([S+](c2ccccc2)c2ccccc2)c1.O=C([O-])c1cc(Oc2ccccc2)c(Oc2ccccc2)c(Oc2ccccc2)c1-c1ccccc1. The Labute approximate surface area is 330 Å². The van der Waals surface area contributed by atoms with Crippen LogP contribution < -0.4 is 19.3 Å². The molecule has 0 aliphatic rings. The van der Waals surface area contributed by atoms with Crippen molar-refractivity contribution in [3.05, 3.63) is 223 Å². The van der Waals surface area contributed by atoms with E-state index in [2.05, 4.69) is 91.9 Å². The molecular formula is C50H38O5S. The number of hydrogen-bond donors (Lipinski definition) is 0. The summed E-state index contributed by atoms with van der Waals surface area (Å²) in [5, 5.41) is 12.4. The smallest absolute Gasteiger partial charge is 0.213 e. The summed E-state index contributed by atoms with van der Waals surface area (Å²) in [5.74, 6) is 0.799. The molecule has 8 aromatic rings. The molecule has 0 aliphatic carbocycles. The van der Waals surface area contributed by atoms with Gasteiger partial charge in [0.15, 0.2) is 26.2 Å². The van der Waals surface area contributed by atoms with Gasteiger partial charge in [0.1, 0.15) is 17.2 Å². The van der Waals surface area contributed by atoms with Crippen molar-refractivity contribution in [3.63, 3.8) is 0 Å². The second kappa shape index (κ2) is 18.3. The minimum atomic E-state index is -1.36. The molecule has 0 atom stereocenters. The molecular weight excluding hydrogens is 713 g/mol. The normalized spacial score (nSPS) is 10.5. The lowest BCUT2D eigenvalue weighted by atomic mass is 9.97. The van der Waals surface area contributed by atoms with Crippen LogP contribution in [-0.4, -0.2) is 5.97 Å². The number of aromatic carboxylic acids is 1. The first-order valence-electron chi connectivity index (χ1n) is 18.1. The van der Waals surface area contributed by atoms with Crippen LogP contribution in [0.2, 0.25) is 0 Å². The lowest BCUT2D eigenvalue weighted by molar-refractivity contribution is -0.255. The van der Waals surface area contributed by atoms with Gasteiger partial charge >= 0.3 is 0 Å². The summed E-state index contributed by atoms with van der Waals surface area (Å²) >= 11 is 0. The summed E-state index contributed by atoms with van der Waals surface area (Å²) < 4.78 is 18.8. The third-order valence-electron chi connectivity index (χ3n) is 8.56. The molecule has 0 bridgehead atoms. The minimum absolute atomic E-state index is 0.0249. The van der Waals surface area contributed by atoms with E-state index in [1.54, 1.807) is 36.4 Å². The minimum Gasteiger partial charge on any atom is -0.545 e. The fraction of sp³-hybridized carbons (Fsp3) is 0.0200. The van der Waals surface area contributed by atoms with Gasteiger partial charge in [-0.3, -0.25) is 0 Å². The van der Waals surface area contributed by atoms with E-state index in [1.807, 2.05) is 84.9 Å². The van der Waals surface area contributed by atoms with E-state index in [0.29, 0.717) is 28.4 Å². The second-order valence-corrected chi connectivity index (χ2v) is 14.6. The van der Waals surface area contributed by atoms with Gasteiger partial charge in [-0.2, -0.15) is 0 Å². The molecule has 0 unspecified atom stereocenters. The zero-order valence-electron chi connectivity index (χ0n) is 30.7. The van der Waals surface area contributed by atoms with Gasteiger partial charge in [-0.1, -0.05) is 133 Å². The molecule has 274 valence electrons. The third-order valence-corrected chi connectivity index (χ3v) is 10.8. The molecule has 0 spiro atoms. The van der Waals surface area contributed by atoms with Crippen LogP contribution in [0, 0.1) is 6.92 Å². The second-order valence-electron chi connectivity index (χ2n) is 12.6. The number of carbonyl (C=O) groups is 1. The number of carboxylic acid groups (broad SMARTS) is 1. The lowest BCUT2D eigenvalue weighted by Crippen LogP contribution is -2.23. The Bertz CT molecular complexity index is 2420. The van der Waals surface area contributed by atoms with Crippen LogP contribution in [0.15, 0.2) is 227 Å². The maximum absolute atomic E-state index is 12.4. The molecule has 0 heterocycles. The zero-order valence-corrected chi connectivity index (χ0v) is 31.5. The molecule has 8 rings (SSSR count). The van der Waals surface area contributed by atoms with E-state index >= 15 is 0 Å². The number of rotatable bonds is 11. The molecule has 0 aromatic heterocycles. The Kier molecular flexibility index (Phi) is 12.2. The summed E-state index contributed by atoms with van der Waals surface area (Å²) in [4.78, 5) is 16.5. The van der Waals surface area contributed by atoms with E-state index in [0.717, 1.165) is 0 Å². The quantitative estimate of drug-likeness (QED) is 0.123. The van der Waals surface area contributed by atoms with E-state index in [4.69, 9.17) is 14.2 Å². The molecule has 0 radical (unpaired) electrons.